The summed E-state index contributed by atoms with van der Waals surface area (Å²) in [5.74, 6) is 1.03. The molecule has 0 unspecified atom stereocenters. The zero-order valence-corrected chi connectivity index (χ0v) is 20.1. The molecule has 6 fully saturated rings. The number of amides is 4. The van der Waals surface area contributed by atoms with Crippen LogP contribution in [-0.4, -0.2) is 52.9 Å². The van der Waals surface area contributed by atoms with E-state index in [2.05, 4.69) is 31.4 Å². The van der Waals surface area contributed by atoms with Gasteiger partial charge in [0.15, 0.2) is 6.61 Å². The summed E-state index contributed by atoms with van der Waals surface area (Å²) in [5, 5.41) is 6.04. The van der Waals surface area contributed by atoms with E-state index < -0.39 is 24.1 Å². The maximum absolute atomic E-state index is 13.2. The second-order valence-corrected chi connectivity index (χ2v) is 12.7. The highest BCUT2D eigenvalue weighted by molar-refractivity contribution is 6.08. The Hall–Kier alpha value is -2.12. The number of hydrogen-bond acceptors (Lipinski definition) is 5. The molecule has 1 heterocycles. The third-order valence-corrected chi connectivity index (χ3v) is 8.72. The fraction of sp³-hybridized carbons (Fsp3) is 0.840. The van der Waals surface area contributed by atoms with Gasteiger partial charge in [-0.3, -0.25) is 19.3 Å². The minimum absolute atomic E-state index is 0.0769. The van der Waals surface area contributed by atoms with Gasteiger partial charge < -0.3 is 15.4 Å². The van der Waals surface area contributed by atoms with Gasteiger partial charge in [-0.05, 0) is 86.9 Å². The Morgan fingerprint density at radius 3 is 2.21 bits per heavy atom. The van der Waals surface area contributed by atoms with Crippen LogP contribution in [0.3, 0.4) is 0 Å². The topological polar surface area (TPSA) is 105 Å². The van der Waals surface area contributed by atoms with Crippen LogP contribution < -0.4 is 10.6 Å². The molecule has 6 rings (SSSR count). The fourth-order valence-corrected chi connectivity index (χ4v) is 8.57. The minimum atomic E-state index is -0.950. The summed E-state index contributed by atoms with van der Waals surface area (Å²) < 4.78 is 5.19. The molecule has 4 bridgehead atoms. The van der Waals surface area contributed by atoms with Crippen LogP contribution in [-0.2, 0) is 19.1 Å². The SMILES string of the molecule is C[C@@H]1CC(C)(C)C[C@@]2(C1)NC(=O)N(CC(=O)OCC(=O)NC13CC4CC(CC(C4)C1)C3)C2=O. The molecule has 2 N–H and O–H groups in total. The van der Waals surface area contributed by atoms with Crippen LogP contribution >= 0.6 is 0 Å². The normalized spacial score (nSPS) is 40.8. The van der Waals surface area contributed by atoms with Gasteiger partial charge in [0.05, 0.1) is 0 Å². The molecule has 6 aliphatic rings. The van der Waals surface area contributed by atoms with Crippen LogP contribution in [0.4, 0.5) is 4.79 Å². The van der Waals surface area contributed by atoms with Gasteiger partial charge in [0.2, 0.25) is 0 Å². The molecule has 1 saturated heterocycles. The van der Waals surface area contributed by atoms with E-state index in [0.29, 0.717) is 30.6 Å². The monoisotopic (exact) mass is 459 g/mol. The van der Waals surface area contributed by atoms with Crippen molar-refractivity contribution in [3.8, 4) is 0 Å². The van der Waals surface area contributed by atoms with Crippen molar-refractivity contribution in [1.29, 1.82) is 0 Å². The highest BCUT2D eigenvalue weighted by atomic mass is 16.5. The van der Waals surface area contributed by atoms with Crippen molar-refractivity contribution >= 4 is 23.8 Å². The Bertz CT molecular complexity index is 848. The van der Waals surface area contributed by atoms with Crippen LogP contribution in [0.15, 0.2) is 0 Å². The number of rotatable bonds is 5. The van der Waals surface area contributed by atoms with Crippen LogP contribution in [0.1, 0.15) is 78.6 Å². The van der Waals surface area contributed by atoms with Crippen molar-refractivity contribution in [2.45, 2.75) is 89.6 Å². The van der Waals surface area contributed by atoms with Gasteiger partial charge in [-0.1, -0.05) is 20.8 Å². The first-order chi connectivity index (χ1) is 15.5. The summed E-state index contributed by atoms with van der Waals surface area (Å²) in [6.07, 6.45) is 9.04. The molecule has 5 aliphatic carbocycles. The molecule has 0 aromatic heterocycles. The molecule has 2 atom stereocenters. The number of ether oxygens (including phenoxy) is 1. The Balaban J connectivity index is 1.14. The van der Waals surface area contributed by atoms with E-state index in [-0.39, 0.29) is 35.3 Å². The number of imide groups is 1. The zero-order chi connectivity index (χ0) is 23.6. The van der Waals surface area contributed by atoms with E-state index in [0.717, 1.165) is 30.6 Å². The van der Waals surface area contributed by atoms with Crippen LogP contribution in [0.25, 0.3) is 0 Å². The molecule has 8 nitrogen and oxygen atoms in total. The van der Waals surface area contributed by atoms with Gasteiger partial charge in [0, 0.05) is 5.54 Å². The van der Waals surface area contributed by atoms with Crippen LogP contribution in [0, 0.1) is 29.1 Å². The Morgan fingerprint density at radius 2 is 1.64 bits per heavy atom. The van der Waals surface area contributed by atoms with Crippen LogP contribution in [0.5, 0.6) is 0 Å². The van der Waals surface area contributed by atoms with Gasteiger partial charge >= 0.3 is 12.0 Å². The minimum Gasteiger partial charge on any atom is -0.454 e. The van der Waals surface area contributed by atoms with E-state index in [9.17, 15) is 19.2 Å². The standard InChI is InChI=1S/C25H37N3O5/c1-15-7-23(2,3)14-25(8-15)21(31)28(22(32)27-25)12-20(30)33-13-19(29)26-24-9-16-4-17(10-24)6-18(5-16)11-24/h15-18H,4-14H2,1-3H3,(H,26,29)(H,27,32)/t15-,16?,17?,18?,24?,25-/m1/s1. The lowest BCUT2D eigenvalue weighted by Crippen LogP contribution is -2.60. The predicted octanol–water partition coefficient (Wildman–Crippen LogP) is 2.75. The number of urea groups is 1. The Labute approximate surface area is 195 Å². The van der Waals surface area contributed by atoms with E-state index >= 15 is 0 Å². The largest absolute Gasteiger partial charge is 0.454 e. The van der Waals surface area contributed by atoms with Gasteiger partial charge in [-0.2, -0.15) is 0 Å². The lowest BCUT2D eigenvalue weighted by Gasteiger charge is -2.56. The average molecular weight is 460 g/mol. The molecular formula is C25H37N3O5. The average Bonchev–Trinajstić information content (AvgIpc) is 2.86. The summed E-state index contributed by atoms with van der Waals surface area (Å²) in [4.78, 5) is 51.7. The van der Waals surface area contributed by atoms with Crippen molar-refractivity contribution in [1.82, 2.24) is 15.5 Å². The summed E-state index contributed by atoms with van der Waals surface area (Å²) >= 11 is 0. The third-order valence-electron chi connectivity index (χ3n) is 8.72. The second kappa shape index (κ2) is 7.70. The smallest absolute Gasteiger partial charge is 0.326 e. The molecular weight excluding hydrogens is 422 g/mol. The fourth-order valence-electron chi connectivity index (χ4n) is 8.57. The molecule has 0 aromatic rings. The first-order valence-corrected chi connectivity index (χ1v) is 12.6. The van der Waals surface area contributed by atoms with Gasteiger partial charge in [-0.25, -0.2) is 4.79 Å². The molecule has 4 amide bonds. The summed E-state index contributed by atoms with van der Waals surface area (Å²) in [6.45, 7) is 5.44. The van der Waals surface area contributed by atoms with E-state index in [1.165, 1.54) is 19.3 Å². The van der Waals surface area contributed by atoms with Gasteiger partial charge in [0.1, 0.15) is 12.1 Å². The van der Waals surface area contributed by atoms with Crippen molar-refractivity contribution in [3.63, 3.8) is 0 Å². The summed E-state index contributed by atoms with van der Waals surface area (Å²) in [6, 6.07) is -0.556. The molecule has 0 aromatic carbocycles. The second-order valence-electron chi connectivity index (χ2n) is 12.7. The molecule has 33 heavy (non-hydrogen) atoms. The molecule has 182 valence electrons. The molecule has 8 heteroatoms. The molecule has 5 saturated carbocycles. The first kappa shape index (κ1) is 22.7. The lowest BCUT2D eigenvalue weighted by molar-refractivity contribution is -0.152. The van der Waals surface area contributed by atoms with E-state index in [1.807, 2.05) is 0 Å². The third kappa shape index (κ3) is 4.26. The maximum atomic E-state index is 13.2. The van der Waals surface area contributed by atoms with E-state index in [4.69, 9.17) is 4.74 Å². The summed E-state index contributed by atoms with van der Waals surface area (Å²) in [7, 11) is 0. The molecule has 0 radical (unpaired) electrons. The van der Waals surface area contributed by atoms with Crippen molar-refractivity contribution in [2.24, 2.45) is 29.1 Å². The highest BCUT2D eigenvalue weighted by Crippen LogP contribution is 2.55. The number of hydrogen-bond donors (Lipinski definition) is 2. The van der Waals surface area contributed by atoms with Crippen LogP contribution in [0.2, 0.25) is 0 Å². The van der Waals surface area contributed by atoms with Gasteiger partial charge in [0.25, 0.3) is 11.8 Å². The Morgan fingerprint density at radius 1 is 1.03 bits per heavy atom. The number of carbonyl (C=O) groups is 4. The van der Waals surface area contributed by atoms with Crippen molar-refractivity contribution in [2.75, 3.05) is 13.2 Å². The first-order valence-electron chi connectivity index (χ1n) is 12.6. The number of carbonyl (C=O) groups excluding carboxylic acids is 4. The quantitative estimate of drug-likeness (QED) is 0.486. The Kier molecular flexibility index (Phi) is 5.29. The van der Waals surface area contributed by atoms with Gasteiger partial charge in [-0.15, -0.1) is 0 Å². The molecule has 1 aliphatic heterocycles. The highest BCUT2D eigenvalue weighted by Gasteiger charge is 2.56. The van der Waals surface area contributed by atoms with Crippen molar-refractivity contribution < 1.29 is 23.9 Å². The number of nitrogens with one attached hydrogen (secondary N) is 2. The number of esters is 1. The predicted molar refractivity (Wildman–Crippen MR) is 120 cm³/mol. The lowest BCUT2D eigenvalue weighted by atomic mass is 9.53. The maximum Gasteiger partial charge on any atom is 0.326 e. The molecule has 1 spiro atoms. The van der Waals surface area contributed by atoms with Crippen molar-refractivity contribution in [3.05, 3.63) is 0 Å². The van der Waals surface area contributed by atoms with E-state index in [1.54, 1.807) is 0 Å². The summed E-state index contributed by atoms with van der Waals surface area (Å²) in [5.41, 5.74) is -1.17. The number of nitrogens with zero attached hydrogens (tertiary/aromatic N) is 1. The zero-order valence-electron chi connectivity index (χ0n) is 20.1.